The third kappa shape index (κ3) is 3.09. The molecule has 3 fully saturated rings. The van der Waals surface area contributed by atoms with Crippen LogP contribution in [0.25, 0.3) is 0 Å². The van der Waals surface area contributed by atoms with Crippen LogP contribution < -0.4 is 0 Å². The Balaban J connectivity index is 1.31. The molecule has 1 amide bonds. The fraction of sp³-hybridized carbons (Fsp3) is 0.833. The molecule has 2 atom stereocenters. The van der Waals surface area contributed by atoms with Gasteiger partial charge in [0.2, 0.25) is 5.91 Å². The highest BCUT2D eigenvalue weighted by atomic mass is 16.6. The van der Waals surface area contributed by atoms with Gasteiger partial charge in [-0.15, -0.1) is 0 Å². The van der Waals surface area contributed by atoms with Crippen LogP contribution in [0, 0.1) is 5.92 Å². The fourth-order valence-electron chi connectivity index (χ4n) is 4.00. The molecule has 0 radical (unpaired) electrons. The lowest BCUT2D eigenvalue weighted by molar-refractivity contribution is -0.127. The van der Waals surface area contributed by atoms with Crippen molar-refractivity contribution in [2.24, 2.45) is 5.92 Å². The van der Waals surface area contributed by atoms with Gasteiger partial charge in [0.15, 0.2) is 0 Å². The largest absolute Gasteiger partial charge is 0.375 e. The summed E-state index contributed by atoms with van der Waals surface area (Å²) < 4.78 is 12.1. The third-order valence-corrected chi connectivity index (χ3v) is 5.61. The van der Waals surface area contributed by atoms with Gasteiger partial charge < -0.3 is 14.4 Å². The number of hydrogen-bond acceptors (Lipinski definition) is 3. The predicted molar refractivity (Wildman–Crippen MR) is 83.5 cm³/mol. The second-order valence-electron chi connectivity index (χ2n) is 7.55. The summed E-state index contributed by atoms with van der Waals surface area (Å²) in [4.78, 5) is 14.6. The smallest absolute Gasteiger partial charge is 0.249 e. The summed E-state index contributed by atoms with van der Waals surface area (Å²) >= 11 is 0. The first kappa shape index (κ1) is 14.7. The summed E-state index contributed by atoms with van der Waals surface area (Å²) in [5.74, 6) is 1.05. The van der Waals surface area contributed by atoms with Crippen molar-refractivity contribution >= 4 is 5.91 Å². The maximum Gasteiger partial charge on any atom is 0.249 e. The number of nitrogens with zero attached hydrogens (tertiary/aromatic N) is 1. The lowest BCUT2D eigenvalue weighted by Crippen LogP contribution is -2.36. The third-order valence-electron chi connectivity index (χ3n) is 5.61. The van der Waals surface area contributed by atoms with E-state index in [0.29, 0.717) is 6.61 Å². The van der Waals surface area contributed by atoms with Crippen LogP contribution in [0.15, 0.2) is 11.6 Å². The minimum atomic E-state index is -0.126. The highest BCUT2D eigenvalue weighted by Crippen LogP contribution is 2.38. The summed E-state index contributed by atoms with van der Waals surface area (Å²) in [5, 5.41) is 0. The second-order valence-corrected chi connectivity index (χ2v) is 7.55. The van der Waals surface area contributed by atoms with E-state index in [2.05, 4.69) is 6.08 Å². The van der Waals surface area contributed by atoms with Gasteiger partial charge >= 0.3 is 0 Å². The zero-order valence-corrected chi connectivity index (χ0v) is 13.4. The first-order valence-corrected chi connectivity index (χ1v) is 8.98. The minimum Gasteiger partial charge on any atom is -0.375 e. The molecule has 2 heterocycles. The minimum absolute atomic E-state index is 0.126. The summed E-state index contributed by atoms with van der Waals surface area (Å²) in [7, 11) is 0. The normalized spacial score (nSPS) is 35.2. The standard InChI is InChI=1S/C18H27NO3/c20-17(15-4-2-1-3-5-15)19-9-8-18(13-19)10-16(12-22-18)21-11-14-6-7-14/h4,14,16H,1-3,5-13H2/t16-,18+/m1/s1. The summed E-state index contributed by atoms with van der Waals surface area (Å²) in [6.45, 7) is 3.20. The van der Waals surface area contributed by atoms with Crippen LogP contribution in [-0.4, -0.2) is 48.8 Å². The van der Waals surface area contributed by atoms with E-state index in [1.807, 2.05) is 4.90 Å². The molecule has 0 unspecified atom stereocenters. The average Bonchev–Trinajstić information content (AvgIpc) is 3.18. The number of rotatable bonds is 4. The van der Waals surface area contributed by atoms with Crippen molar-refractivity contribution in [2.45, 2.75) is 63.1 Å². The van der Waals surface area contributed by atoms with Crippen molar-refractivity contribution in [1.29, 1.82) is 0 Å². The Morgan fingerprint density at radius 3 is 3.09 bits per heavy atom. The monoisotopic (exact) mass is 305 g/mol. The number of allylic oxidation sites excluding steroid dienone is 1. The molecule has 2 aliphatic heterocycles. The van der Waals surface area contributed by atoms with E-state index in [0.717, 1.165) is 63.3 Å². The van der Waals surface area contributed by atoms with Crippen molar-refractivity contribution in [3.8, 4) is 0 Å². The summed E-state index contributed by atoms with van der Waals surface area (Å²) in [6.07, 6.45) is 11.4. The maximum absolute atomic E-state index is 12.6. The molecule has 0 aromatic heterocycles. The van der Waals surface area contributed by atoms with Crippen LogP contribution in [0.4, 0.5) is 0 Å². The molecule has 4 aliphatic rings. The molecule has 1 spiro atoms. The Morgan fingerprint density at radius 2 is 2.32 bits per heavy atom. The van der Waals surface area contributed by atoms with Crippen LogP contribution >= 0.6 is 0 Å². The lowest BCUT2D eigenvalue weighted by Gasteiger charge is -2.24. The molecular weight excluding hydrogens is 278 g/mol. The van der Waals surface area contributed by atoms with E-state index in [1.54, 1.807) is 0 Å². The first-order valence-electron chi connectivity index (χ1n) is 8.98. The number of likely N-dealkylation sites (tertiary alicyclic amines) is 1. The van der Waals surface area contributed by atoms with Crippen molar-refractivity contribution in [3.63, 3.8) is 0 Å². The Bertz CT molecular complexity index is 471. The van der Waals surface area contributed by atoms with E-state index in [4.69, 9.17) is 9.47 Å². The van der Waals surface area contributed by atoms with Crippen LogP contribution in [0.5, 0.6) is 0 Å². The summed E-state index contributed by atoms with van der Waals surface area (Å²) in [6, 6.07) is 0. The van der Waals surface area contributed by atoms with Gasteiger partial charge in [-0.2, -0.15) is 0 Å². The zero-order chi connectivity index (χ0) is 15.0. The fourth-order valence-corrected chi connectivity index (χ4v) is 4.00. The van der Waals surface area contributed by atoms with Crippen LogP contribution in [0.2, 0.25) is 0 Å². The number of ether oxygens (including phenoxy) is 2. The second kappa shape index (κ2) is 5.97. The first-order chi connectivity index (χ1) is 10.7. The Hall–Kier alpha value is -0.870. The van der Waals surface area contributed by atoms with Crippen LogP contribution in [0.1, 0.15) is 51.4 Å². The van der Waals surface area contributed by atoms with E-state index < -0.39 is 0 Å². The number of amides is 1. The van der Waals surface area contributed by atoms with E-state index >= 15 is 0 Å². The molecule has 0 aromatic rings. The van der Waals surface area contributed by atoms with Gasteiger partial charge in [0, 0.05) is 25.1 Å². The predicted octanol–water partition coefficient (Wildman–Crippen LogP) is 2.67. The molecule has 0 aromatic carbocycles. The van der Waals surface area contributed by atoms with Gasteiger partial charge in [0.1, 0.15) is 0 Å². The zero-order valence-electron chi connectivity index (χ0n) is 13.4. The van der Waals surface area contributed by atoms with Crippen LogP contribution in [0.3, 0.4) is 0 Å². The van der Waals surface area contributed by atoms with Crippen molar-refractivity contribution in [1.82, 2.24) is 4.90 Å². The van der Waals surface area contributed by atoms with E-state index in [1.165, 1.54) is 19.3 Å². The number of carbonyl (C=O) groups excluding carboxylic acids is 1. The van der Waals surface area contributed by atoms with Gasteiger partial charge in [0.05, 0.1) is 24.9 Å². The van der Waals surface area contributed by atoms with E-state index in [9.17, 15) is 4.79 Å². The lowest BCUT2D eigenvalue weighted by atomic mass is 9.97. The van der Waals surface area contributed by atoms with Crippen LogP contribution in [-0.2, 0) is 14.3 Å². The molecule has 1 saturated carbocycles. The number of carbonyl (C=O) groups is 1. The van der Waals surface area contributed by atoms with Gasteiger partial charge in [0.25, 0.3) is 0 Å². The van der Waals surface area contributed by atoms with Gasteiger partial charge in [-0.05, 0) is 50.9 Å². The van der Waals surface area contributed by atoms with E-state index in [-0.39, 0.29) is 17.6 Å². The van der Waals surface area contributed by atoms with Crippen molar-refractivity contribution in [2.75, 3.05) is 26.3 Å². The molecule has 0 bridgehead atoms. The topological polar surface area (TPSA) is 38.8 Å². The molecule has 2 aliphatic carbocycles. The highest BCUT2D eigenvalue weighted by molar-refractivity contribution is 5.93. The molecule has 4 nitrogen and oxygen atoms in total. The Kier molecular flexibility index (Phi) is 3.99. The Morgan fingerprint density at radius 1 is 1.41 bits per heavy atom. The Labute approximate surface area is 132 Å². The summed E-state index contributed by atoms with van der Waals surface area (Å²) in [5.41, 5.74) is 0.905. The average molecular weight is 305 g/mol. The van der Waals surface area contributed by atoms with Gasteiger partial charge in [-0.3, -0.25) is 4.79 Å². The molecule has 22 heavy (non-hydrogen) atoms. The number of hydrogen-bond donors (Lipinski definition) is 0. The van der Waals surface area contributed by atoms with Gasteiger partial charge in [-0.1, -0.05) is 6.08 Å². The van der Waals surface area contributed by atoms with Crippen molar-refractivity contribution in [3.05, 3.63) is 11.6 Å². The quantitative estimate of drug-likeness (QED) is 0.801. The molecule has 4 heteroatoms. The molecule has 122 valence electrons. The van der Waals surface area contributed by atoms with Gasteiger partial charge in [-0.25, -0.2) is 0 Å². The molecule has 4 rings (SSSR count). The molecule has 0 N–H and O–H groups in total. The molecule has 2 saturated heterocycles. The highest BCUT2D eigenvalue weighted by Gasteiger charge is 2.47. The van der Waals surface area contributed by atoms with Crippen molar-refractivity contribution < 1.29 is 14.3 Å². The SMILES string of the molecule is O=C(C1=CCCCC1)N1CC[C@]2(C[C@@H](OCC3CC3)CO2)C1. The molecular formula is C18H27NO3. The maximum atomic E-state index is 12.6.